The van der Waals surface area contributed by atoms with E-state index in [2.05, 4.69) is 27.6 Å². The molecule has 2 aromatic carbocycles. The van der Waals surface area contributed by atoms with Gasteiger partial charge in [-0.3, -0.25) is 19.2 Å². The third-order valence-corrected chi connectivity index (χ3v) is 5.47. The van der Waals surface area contributed by atoms with Crippen LogP contribution >= 0.6 is 0 Å². The maximum atomic E-state index is 12.2. The number of ether oxygens (including phenoxy) is 1. The predicted molar refractivity (Wildman–Crippen MR) is 159 cm³/mol. The second-order valence-electron chi connectivity index (χ2n) is 9.04. The third-order valence-electron chi connectivity index (χ3n) is 5.47. The topological polar surface area (TPSA) is 114 Å². The van der Waals surface area contributed by atoms with Crippen LogP contribution in [0.2, 0.25) is 0 Å². The Bertz CT molecular complexity index is 1110. The van der Waals surface area contributed by atoms with Crippen LogP contribution in [0.1, 0.15) is 62.8 Å². The van der Waals surface area contributed by atoms with Crippen molar-refractivity contribution in [3.05, 3.63) is 70.8 Å². The highest BCUT2D eigenvalue weighted by molar-refractivity contribution is 5.91. The van der Waals surface area contributed by atoms with Crippen molar-refractivity contribution in [1.82, 2.24) is 16.0 Å². The molecule has 14 heteroatoms. The first-order chi connectivity index (χ1) is 21.1. The standard InChI is InChI=1S/C15H18N2O5.C9H6F6.C5H13N.C2H6/c1-11(19)17-14(7-12-5-3-2-4-6-12)15(21)16-8-13(20)9-22-10-18;1-5-6(8(10,11)12)3-2-4-7(5)9(13,14)15;1-3-4-5-6-2;1-2/h2-6,10,14H,7-9H2,1H3,(H,16,21)(H,17,19);2-4H,1H3;6H,3-5H2,1-2H3;1-2H3/t14-;;;/m0.../s1. The van der Waals surface area contributed by atoms with Crippen molar-refractivity contribution < 1.29 is 50.3 Å². The van der Waals surface area contributed by atoms with Crippen molar-refractivity contribution >= 4 is 24.1 Å². The van der Waals surface area contributed by atoms with Crippen LogP contribution in [0, 0.1) is 6.92 Å². The van der Waals surface area contributed by atoms with Gasteiger partial charge in [-0.15, -0.1) is 0 Å². The van der Waals surface area contributed by atoms with E-state index in [1.54, 1.807) is 0 Å². The number of nitrogens with one attached hydrogen (secondary N) is 3. The number of alkyl halides is 6. The molecule has 0 aliphatic heterocycles. The molecule has 0 fully saturated rings. The van der Waals surface area contributed by atoms with Crippen molar-refractivity contribution in [2.24, 2.45) is 0 Å². The molecule has 0 unspecified atom stereocenters. The molecule has 0 aliphatic carbocycles. The molecule has 0 saturated heterocycles. The molecular formula is C31H43F6N3O5. The zero-order valence-electron chi connectivity index (χ0n) is 26.3. The lowest BCUT2D eigenvalue weighted by molar-refractivity contribution is -0.144. The van der Waals surface area contributed by atoms with Crippen LogP contribution in [-0.2, 0) is 42.7 Å². The van der Waals surface area contributed by atoms with Gasteiger partial charge in [0.15, 0.2) is 12.4 Å². The number of hydrogen-bond donors (Lipinski definition) is 3. The average molecular weight is 652 g/mol. The van der Waals surface area contributed by atoms with Crippen LogP contribution in [0.5, 0.6) is 0 Å². The largest absolute Gasteiger partial charge is 0.460 e. The van der Waals surface area contributed by atoms with Gasteiger partial charge in [0.1, 0.15) is 6.04 Å². The van der Waals surface area contributed by atoms with E-state index in [9.17, 15) is 45.5 Å². The Morgan fingerprint density at radius 2 is 1.44 bits per heavy atom. The van der Waals surface area contributed by atoms with E-state index in [0.717, 1.165) is 25.1 Å². The van der Waals surface area contributed by atoms with Crippen LogP contribution in [0.25, 0.3) is 0 Å². The van der Waals surface area contributed by atoms with E-state index in [-0.39, 0.29) is 18.9 Å². The lowest BCUT2D eigenvalue weighted by atomic mass is 10.0. The van der Waals surface area contributed by atoms with Gasteiger partial charge in [0.05, 0.1) is 17.7 Å². The number of amides is 2. The summed E-state index contributed by atoms with van der Waals surface area (Å²) >= 11 is 0. The Labute approximate surface area is 260 Å². The Morgan fingerprint density at radius 1 is 0.911 bits per heavy atom. The summed E-state index contributed by atoms with van der Waals surface area (Å²) in [6.45, 7) is 8.98. The second kappa shape index (κ2) is 23.4. The Balaban J connectivity index is 0. The van der Waals surface area contributed by atoms with Crippen LogP contribution in [0.3, 0.4) is 0 Å². The minimum absolute atomic E-state index is 0.162. The van der Waals surface area contributed by atoms with Crippen LogP contribution < -0.4 is 16.0 Å². The molecule has 0 bridgehead atoms. The molecule has 2 rings (SSSR count). The van der Waals surface area contributed by atoms with Gasteiger partial charge in [-0.25, -0.2) is 0 Å². The second-order valence-corrected chi connectivity index (χ2v) is 9.04. The van der Waals surface area contributed by atoms with E-state index in [1.807, 2.05) is 51.2 Å². The molecule has 0 radical (unpaired) electrons. The molecular weight excluding hydrogens is 608 g/mol. The number of carbonyl (C=O) groups is 4. The zero-order chi connectivity index (χ0) is 35.1. The van der Waals surface area contributed by atoms with Gasteiger partial charge in [-0.1, -0.05) is 63.6 Å². The first-order valence-electron chi connectivity index (χ1n) is 14.1. The van der Waals surface area contributed by atoms with Gasteiger partial charge in [0.25, 0.3) is 6.47 Å². The van der Waals surface area contributed by atoms with Crippen molar-refractivity contribution in [3.63, 3.8) is 0 Å². The summed E-state index contributed by atoms with van der Waals surface area (Å²) in [5.74, 6) is -1.26. The molecule has 0 aromatic heterocycles. The van der Waals surface area contributed by atoms with Crippen LogP contribution in [0.4, 0.5) is 26.3 Å². The maximum absolute atomic E-state index is 12.2. The molecule has 0 aliphatic rings. The highest BCUT2D eigenvalue weighted by atomic mass is 19.4. The number of ketones is 1. The molecule has 45 heavy (non-hydrogen) atoms. The van der Waals surface area contributed by atoms with Crippen molar-refractivity contribution in [2.45, 2.75) is 72.3 Å². The van der Waals surface area contributed by atoms with Crippen molar-refractivity contribution in [3.8, 4) is 0 Å². The number of rotatable bonds is 12. The Kier molecular flexibility index (Phi) is 22.5. The highest BCUT2D eigenvalue weighted by Gasteiger charge is 2.38. The summed E-state index contributed by atoms with van der Waals surface area (Å²) < 4.78 is 77.8. The number of halogens is 6. The smallest absolute Gasteiger partial charge is 0.416 e. The summed E-state index contributed by atoms with van der Waals surface area (Å²) in [5.41, 5.74) is -2.42. The Morgan fingerprint density at radius 3 is 1.84 bits per heavy atom. The zero-order valence-corrected chi connectivity index (χ0v) is 26.3. The minimum atomic E-state index is -4.76. The first kappa shape index (κ1) is 43.2. The van der Waals surface area contributed by atoms with E-state index >= 15 is 0 Å². The fourth-order valence-corrected chi connectivity index (χ4v) is 3.39. The first-order valence-corrected chi connectivity index (χ1v) is 14.1. The van der Waals surface area contributed by atoms with Crippen molar-refractivity contribution in [2.75, 3.05) is 26.7 Å². The van der Waals surface area contributed by atoms with Gasteiger partial charge in [0, 0.05) is 13.3 Å². The van der Waals surface area contributed by atoms with Gasteiger partial charge in [0.2, 0.25) is 11.8 Å². The fourth-order valence-electron chi connectivity index (χ4n) is 3.39. The number of hydrogen-bond acceptors (Lipinski definition) is 6. The molecule has 0 heterocycles. The van der Waals surface area contributed by atoms with E-state index in [4.69, 9.17) is 0 Å². The molecule has 3 N–H and O–H groups in total. The predicted octanol–water partition coefficient (Wildman–Crippen LogP) is 5.66. The number of Topliss-reactive ketones (excluding diaryl/α,β-unsaturated/α-hetero) is 1. The lowest BCUT2D eigenvalue weighted by Gasteiger charge is -2.17. The summed E-state index contributed by atoms with van der Waals surface area (Å²) in [5, 5.41) is 8.03. The van der Waals surface area contributed by atoms with Crippen LogP contribution in [0.15, 0.2) is 48.5 Å². The molecule has 1 atom stereocenters. The van der Waals surface area contributed by atoms with Gasteiger partial charge in [-0.05, 0) is 50.2 Å². The maximum Gasteiger partial charge on any atom is 0.416 e. The molecule has 0 saturated carbocycles. The molecule has 8 nitrogen and oxygen atoms in total. The summed E-state index contributed by atoms with van der Waals surface area (Å²) in [4.78, 5) is 44.6. The SMILES string of the molecule is CC.CC(=O)N[C@@H](Cc1ccccc1)C(=O)NCC(=O)COC=O.CCCCNC.Cc1c(C(F)(F)F)cccc1C(F)(F)F. The fraction of sp³-hybridized carbons (Fsp3) is 0.484. The van der Waals surface area contributed by atoms with Gasteiger partial charge >= 0.3 is 12.4 Å². The molecule has 2 aromatic rings. The van der Waals surface area contributed by atoms with E-state index in [1.165, 1.54) is 19.8 Å². The van der Waals surface area contributed by atoms with Gasteiger partial charge < -0.3 is 20.7 Å². The average Bonchev–Trinajstić information content (AvgIpc) is 2.98. The van der Waals surface area contributed by atoms with Crippen molar-refractivity contribution in [1.29, 1.82) is 0 Å². The minimum Gasteiger partial charge on any atom is -0.460 e. The summed E-state index contributed by atoms with van der Waals surface area (Å²) in [6.07, 6.45) is -6.61. The van der Waals surface area contributed by atoms with E-state index in [0.29, 0.717) is 18.6 Å². The number of unbranched alkanes of at least 4 members (excludes halogenated alkanes) is 1. The number of carbonyl (C=O) groups excluding carboxylic acids is 4. The normalized spacial score (nSPS) is 11.1. The Hall–Kier alpha value is -3.94. The highest BCUT2D eigenvalue weighted by Crippen LogP contribution is 2.38. The summed E-state index contributed by atoms with van der Waals surface area (Å²) in [6, 6.07) is 10.4. The molecule has 254 valence electrons. The molecule has 0 spiro atoms. The quantitative estimate of drug-likeness (QED) is 0.155. The molecule has 2 amide bonds. The lowest BCUT2D eigenvalue weighted by Crippen LogP contribution is -2.48. The number of benzene rings is 2. The summed E-state index contributed by atoms with van der Waals surface area (Å²) in [7, 11) is 1.98. The van der Waals surface area contributed by atoms with Gasteiger partial charge in [-0.2, -0.15) is 26.3 Å². The van der Waals surface area contributed by atoms with Crippen LogP contribution in [-0.4, -0.2) is 56.9 Å². The monoisotopic (exact) mass is 651 g/mol. The van der Waals surface area contributed by atoms with E-state index < -0.39 is 53.4 Å². The third kappa shape index (κ3) is 19.9.